The van der Waals surface area contributed by atoms with Crippen LogP contribution in [0.3, 0.4) is 0 Å². The number of nitrogens with zero attached hydrogens (tertiary/aromatic N) is 4. The van der Waals surface area contributed by atoms with E-state index in [0.717, 1.165) is 16.0 Å². The highest BCUT2D eigenvalue weighted by atomic mass is 35.5. The molecule has 19 heavy (non-hydrogen) atoms. The molecular formula is C10H13ClN4O3S. The number of hydrogen-bond donors (Lipinski definition) is 0. The van der Waals surface area contributed by atoms with Gasteiger partial charge in [-0.3, -0.25) is 19.8 Å². The van der Waals surface area contributed by atoms with E-state index >= 15 is 0 Å². The first-order valence-corrected chi connectivity index (χ1v) is 6.56. The highest BCUT2D eigenvalue weighted by Crippen LogP contribution is 2.21. The summed E-state index contributed by atoms with van der Waals surface area (Å²) in [6, 6.07) is 0. The third-order valence-electron chi connectivity index (χ3n) is 2.32. The summed E-state index contributed by atoms with van der Waals surface area (Å²) in [5.41, 5.74) is 0. The van der Waals surface area contributed by atoms with E-state index in [1.807, 2.05) is 6.92 Å². The summed E-state index contributed by atoms with van der Waals surface area (Å²) in [5.74, 6) is 0.215. The fourth-order valence-electron chi connectivity index (χ4n) is 1.44. The molecule has 1 aromatic heterocycles. The Hall–Kier alpha value is -1.67. The minimum Gasteiger partial charge on any atom is -0.348 e. The number of aromatic nitrogens is 1. The third-order valence-corrected chi connectivity index (χ3v) is 3.42. The van der Waals surface area contributed by atoms with Crippen molar-refractivity contribution in [2.24, 2.45) is 0 Å². The topological polar surface area (TPSA) is 79.6 Å². The Morgan fingerprint density at radius 3 is 2.79 bits per heavy atom. The van der Waals surface area contributed by atoms with Gasteiger partial charge in [0.1, 0.15) is 0 Å². The molecule has 0 atom stereocenters. The summed E-state index contributed by atoms with van der Waals surface area (Å²) < 4.78 is 0.412. The number of halogens is 1. The van der Waals surface area contributed by atoms with E-state index in [0.29, 0.717) is 24.0 Å². The molecule has 0 aliphatic carbocycles. The van der Waals surface area contributed by atoms with Gasteiger partial charge in [0.25, 0.3) is 6.20 Å². The summed E-state index contributed by atoms with van der Waals surface area (Å²) >= 11 is 7.04. The predicted molar refractivity (Wildman–Crippen MR) is 72.1 cm³/mol. The summed E-state index contributed by atoms with van der Waals surface area (Å²) in [6.07, 6.45) is 2.94. The smallest absolute Gasteiger partial charge is 0.274 e. The van der Waals surface area contributed by atoms with E-state index in [1.54, 1.807) is 11.1 Å². The average molecular weight is 305 g/mol. The minimum absolute atomic E-state index is 0.215. The first kappa shape index (κ1) is 15.4. The van der Waals surface area contributed by atoms with E-state index in [1.165, 1.54) is 18.4 Å². The molecule has 0 bridgehead atoms. The van der Waals surface area contributed by atoms with Gasteiger partial charge in [-0.1, -0.05) is 11.6 Å². The second kappa shape index (κ2) is 7.05. The number of nitro groups is 1. The largest absolute Gasteiger partial charge is 0.348 e. The lowest BCUT2D eigenvalue weighted by atomic mass is 10.4. The second-order valence-electron chi connectivity index (χ2n) is 3.58. The molecule has 7 nitrogen and oxygen atoms in total. The maximum absolute atomic E-state index is 10.8. The average Bonchev–Trinajstić information content (AvgIpc) is 2.77. The minimum atomic E-state index is -0.586. The number of carbonyl (C=O) groups is 1. The van der Waals surface area contributed by atoms with Crippen LogP contribution in [0.4, 0.5) is 0 Å². The van der Waals surface area contributed by atoms with Gasteiger partial charge in [0.15, 0.2) is 10.3 Å². The Labute approximate surface area is 119 Å². The van der Waals surface area contributed by atoms with Crippen LogP contribution in [0.1, 0.15) is 11.8 Å². The van der Waals surface area contributed by atoms with Gasteiger partial charge in [0.2, 0.25) is 6.41 Å². The molecule has 0 aromatic carbocycles. The molecule has 0 saturated carbocycles. The second-order valence-corrected chi connectivity index (χ2v) is 5.28. The molecule has 0 aliphatic heterocycles. The molecule has 1 rings (SSSR count). The Morgan fingerprint density at radius 1 is 1.68 bits per heavy atom. The zero-order chi connectivity index (χ0) is 14.4. The number of thiazole rings is 1. The van der Waals surface area contributed by atoms with Crippen molar-refractivity contribution >= 4 is 29.3 Å². The molecule has 0 saturated heterocycles. The van der Waals surface area contributed by atoms with Crippen molar-refractivity contribution in [3.05, 3.63) is 37.7 Å². The van der Waals surface area contributed by atoms with Crippen LogP contribution in [-0.2, 0) is 11.3 Å². The van der Waals surface area contributed by atoms with Gasteiger partial charge in [0, 0.05) is 24.7 Å². The van der Waals surface area contributed by atoms with Crippen LogP contribution in [0.25, 0.3) is 0 Å². The van der Waals surface area contributed by atoms with E-state index in [4.69, 9.17) is 11.6 Å². The summed E-state index contributed by atoms with van der Waals surface area (Å²) in [4.78, 5) is 28.5. The summed E-state index contributed by atoms with van der Waals surface area (Å²) in [6.45, 7) is 2.75. The Kier molecular flexibility index (Phi) is 5.71. The van der Waals surface area contributed by atoms with Crippen LogP contribution in [0.15, 0.2) is 18.2 Å². The van der Waals surface area contributed by atoms with E-state index in [-0.39, 0.29) is 5.82 Å². The molecule has 104 valence electrons. The standard InChI is InChI=1S/C10H13ClN4O3S/c1-3-14(5-8-4-12-10(11)19-8)9(6-15(17)18)13(2)7-16/h4,6-7H,3,5H2,1-2H3. The summed E-state index contributed by atoms with van der Waals surface area (Å²) in [7, 11) is 1.46. The van der Waals surface area contributed by atoms with Crippen molar-refractivity contribution < 1.29 is 9.72 Å². The molecule has 0 spiro atoms. The van der Waals surface area contributed by atoms with Crippen molar-refractivity contribution in [2.45, 2.75) is 13.5 Å². The SMILES string of the molecule is CCN(Cc1cnc(Cl)s1)C(=C[N+](=O)[O-])N(C)C=O. The quantitative estimate of drug-likeness (QED) is 0.436. The molecule has 1 heterocycles. The van der Waals surface area contributed by atoms with Crippen LogP contribution >= 0.6 is 22.9 Å². The molecule has 9 heteroatoms. The lowest BCUT2D eigenvalue weighted by molar-refractivity contribution is -0.405. The molecular weight excluding hydrogens is 292 g/mol. The highest BCUT2D eigenvalue weighted by molar-refractivity contribution is 7.15. The van der Waals surface area contributed by atoms with Crippen LogP contribution in [0.2, 0.25) is 4.47 Å². The number of hydrogen-bond acceptors (Lipinski definition) is 6. The molecule has 0 radical (unpaired) electrons. The monoisotopic (exact) mass is 304 g/mol. The van der Waals surface area contributed by atoms with Crippen LogP contribution in [-0.4, -0.2) is 39.7 Å². The summed E-state index contributed by atoms with van der Waals surface area (Å²) in [5, 5.41) is 10.6. The van der Waals surface area contributed by atoms with Crippen molar-refractivity contribution in [2.75, 3.05) is 13.6 Å². The zero-order valence-corrected chi connectivity index (χ0v) is 12.0. The van der Waals surface area contributed by atoms with Crippen molar-refractivity contribution in [1.29, 1.82) is 0 Å². The third kappa shape index (κ3) is 4.49. The van der Waals surface area contributed by atoms with Crippen LogP contribution in [0.5, 0.6) is 0 Å². The lowest BCUT2D eigenvalue weighted by Gasteiger charge is -2.27. The maximum Gasteiger partial charge on any atom is 0.274 e. The highest BCUT2D eigenvalue weighted by Gasteiger charge is 2.17. The van der Waals surface area contributed by atoms with Crippen molar-refractivity contribution in [3.63, 3.8) is 0 Å². The van der Waals surface area contributed by atoms with Gasteiger partial charge in [-0.2, -0.15) is 0 Å². The van der Waals surface area contributed by atoms with E-state index in [9.17, 15) is 14.9 Å². The van der Waals surface area contributed by atoms with Crippen molar-refractivity contribution in [1.82, 2.24) is 14.8 Å². The van der Waals surface area contributed by atoms with E-state index < -0.39 is 4.92 Å². The van der Waals surface area contributed by atoms with Crippen molar-refractivity contribution in [3.8, 4) is 0 Å². The first-order chi connectivity index (χ1) is 8.97. The number of carbonyl (C=O) groups excluding carboxylic acids is 1. The van der Waals surface area contributed by atoms with Gasteiger partial charge < -0.3 is 4.90 Å². The molecule has 0 N–H and O–H groups in total. The van der Waals surface area contributed by atoms with Gasteiger partial charge in [-0.15, -0.1) is 11.3 Å². The fraction of sp³-hybridized carbons (Fsp3) is 0.400. The first-order valence-electron chi connectivity index (χ1n) is 5.36. The molecule has 0 fully saturated rings. The Balaban J connectivity index is 2.96. The van der Waals surface area contributed by atoms with Crippen LogP contribution in [0, 0.1) is 10.1 Å². The van der Waals surface area contributed by atoms with Gasteiger partial charge in [-0.05, 0) is 6.92 Å². The molecule has 1 aromatic rings. The number of rotatable bonds is 7. The Morgan fingerprint density at radius 2 is 2.37 bits per heavy atom. The fourth-order valence-corrected chi connectivity index (χ4v) is 2.44. The molecule has 1 amide bonds. The maximum atomic E-state index is 10.8. The van der Waals surface area contributed by atoms with Gasteiger partial charge >= 0.3 is 0 Å². The predicted octanol–water partition coefficient (Wildman–Crippen LogP) is 1.78. The van der Waals surface area contributed by atoms with Crippen LogP contribution < -0.4 is 0 Å². The number of amides is 1. The van der Waals surface area contributed by atoms with Gasteiger partial charge in [0.05, 0.1) is 11.5 Å². The Bertz CT molecular complexity index is 491. The normalized spacial score (nSPS) is 11.2. The molecule has 0 aliphatic rings. The van der Waals surface area contributed by atoms with Gasteiger partial charge in [-0.25, -0.2) is 4.98 Å². The van der Waals surface area contributed by atoms with E-state index in [2.05, 4.69) is 4.98 Å². The lowest BCUT2D eigenvalue weighted by Crippen LogP contribution is -2.32. The molecule has 0 unspecified atom stereocenters. The zero-order valence-electron chi connectivity index (χ0n) is 10.4.